The molecule has 2 aromatic rings. The van der Waals surface area contributed by atoms with Gasteiger partial charge in [0.25, 0.3) is 0 Å². The number of halogens is 6. The topological polar surface area (TPSA) is 49.3 Å². The van der Waals surface area contributed by atoms with Crippen molar-refractivity contribution in [2.75, 3.05) is 13.1 Å². The Morgan fingerprint density at radius 3 is 2.21 bits per heavy atom. The van der Waals surface area contributed by atoms with Crippen molar-refractivity contribution in [1.29, 1.82) is 0 Å². The molecule has 1 saturated heterocycles. The molecule has 0 aromatic heterocycles. The summed E-state index contributed by atoms with van der Waals surface area (Å²) in [4.78, 5) is 10.4. The predicted molar refractivity (Wildman–Crippen MR) is 103 cm³/mol. The Kier molecular flexibility index (Phi) is 8.47. The number of carbonyl (C=O) groups is 1. The van der Waals surface area contributed by atoms with Crippen LogP contribution in [0, 0.1) is 11.6 Å². The van der Waals surface area contributed by atoms with Gasteiger partial charge in [0, 0.05) is 14.3 Å². The lowest BCUT2D eigenvalue weighted by molar-refractivity contribution is -0.192. The average Bonchev–Trinajstić information content (AvgIpc) is 2.65. The van der Waals surface area contributed by atoms with Crippen LogP contribution in [0.4, 0.5) is 22.0 Å². The third kappa shape index (κ3) is 7.27. The van der Waals surface area contributed by atoms with E-state index in [-0.39, 0.29) is 11.6 Å². The Hall–Kier alpha value is -1.65. The van der Waals surface area contributed by atoms with Gasteiger partial charge >= 0.3 is 12.1 Å². The molecule has 0 atom stereocenters. The Bertz CT molecular complexity index is 857. The van der Waals surface area contributed by atoms with Gasteiger partial charge in [0.2, 0.25) is 0 Å². The minimum absolute atomic E-state index is 0.228. The summed E-state index contributed by atoms with van der Waals surface area (Å²) >= 11 is 4.63. The van der Waals surface area contributed by atoms with Crippen molar-refractivity contribution in [3.63, 3.8) is 0 Å². The summed E-state index contributed by atoms with van der Waals surface area (Å²) in [6.07, 6.45) is -3.11. The number of alkyl halides is 3. The minimum atomic E-state index is -5.08. The van der Waals surface area contributed by atoms with Crippen LogP contribution in [-0.4, -0.2) is 30.3 Å². The maximum Gasteiger partial charge on any atom is 0.490 e. The van der Waals surface area contributed by atoms with Crippen LogP contribution in [0.3, 0.4) is 0 Å². The molecule has 0 bridgehead atoms. The van der Waals surface area contributed by atoms with Crippen molar-refractivity contribution in [3.8, 4) is 0 Å². The van der Waals surface area contributed by atoms with E-state index in [9.17, 15) is 22.0 Å². The molecule has 10 heteroatoms. The van der Waals surface area contributed by atoms with Crippen LogP contribution < -0.4 is 5.32 Å². The number of hydrogen-bond acceptors (Lipinski definition) is 3. The number of carboxylic acid groups (broad SMARTS) is 1. The fourth-order valence-electron chi connectivity index (χ4n) is 2.74. The molecule has 0 aliphatic carbocycles. The van der Waals surface area contributed by atoms with Gasteiger partial charge in [-0.15, -0.1) is 0 Å². The van der Waals surface area contributed by atoms with Crippen molar-refractivity contribution in [1.82, 2.24) is 5.32 Å². The SMILES string of the molecule is Fc1ccc(Sc2ccc(Br)cc2F)c(C2CCNCC2)c1.O=C(O)C(F)(F)F. The second-order valence-electron chi connectivity index (χ2n) is 6.19. The molecule has 3 nitrogen and oxygen atoms in total. The van der Waals surface area contributed by atoms with E-state index in [0.717, 1.165) is 36.4 Å². The van der Waals surface area contributed by atoms with Gasteiger partial charge in [-0.2, -0.15) is 13.2 Å². The Labute approximate surface area is 176 Å². The first kappa shape index (κ1) is 23.6. The second-order valence-corrected chi connectivity index (χ2v) is 8.19. The number of carboxylic acids is 1. The summed E-state index contributed by atoms with van der Waals surface area (Å²) in [7, 11) is 0. The van der Waals surface area contributed by atoms with Crippen molar-refractivity contribution in [2.45, 2.75) is 34.7 Å². The minimum Gasteiger partial charge on any atom is -0.475 e. The van der Waals surface area contributed by atoms with Gasteiger partial charge in [0.05, 0.1) is 0 Å². The molecular formula is C19H17BrF5NO2S. The molecule has 1 aliphatic rings. The van der Waals surface area contributed by atoms with Crippen molar-refractivity contribution >= 4 is 33.7 Å². The number of hydrogen-bond donors (Lipinski definition) is 2. The summed E-state index contributed by atoms with van der Waals surface area (Å²) in [5.41, 5.74) is 0.994. The zero-order chi connectivity index (χ0) is 21.6. The summed E-state index contributed by atoms with van der Waals surface area (Å²) in [5.74, 6) is -2.92. The van der Waals surface area contributed by atoms with E-state index in [1.54, 1.807) is 18.2 Å². The highest BCUT2D eigenvalue weighted by molar-refractivity contribution is 9.10. The third-order valence-corrected chi connectivity index (χ3v) is 5.74. The first-order valence-corrected chi connectivity index (χ1v) is 10.1. The summed E-state index contributed by atoms with van der Waals surface area (Å²) < 4.78 is 60.2. The largest absolute Gasteiger partial charge is 0.490 e. The first-order valence-electron chi connectivity index (χ1n) is 8.51. The van der Waals surface area contributed by atoms with Crippen LogP contribution in [0.5, 0.6) is 0 Å². The maximum absolute atomic E-state index is 14.1. The number of benzene rings is 2. The quantitative estimate of drug-likeness (QED) is 0.512. The molecular weight excluding hydrogens is 481 g/mol. The molecule has 1 heterocycles. The van der Waals surface area contributed by atoms with E-state index in [1.807, 2.05) is 6.07 Å². The van der Waals surface area contributed by atoms with Crippen LogP contribution in [0.2, 0.25) is 0 Å². The van der Waals surface area contributed by atoms with Gasteiger partial charge in [0.1, 0.15) is 11.6 Å². The number of aliphatic carboxylic acids is 1. The van der Waals surface area contributed by atoms with E-state index in [1.165, 1.54) is 23.9 Å². The molecule has 1 fully saturated rings. The molecule has 29 heavy (non-hydrogen) atoms. The molecule has 3 rings (SSSR count). The lowest BCUT2D eigenvalue weighted by Crippen LogP contribution is -2.26. The van der Waals surface area contributed by atoms with Crippen LogP contribution >= 0.6 is 27.7 Å². The molecule has 0 amide bonds. The highest BCUT2D eigenvalue weighted by atomic mass is 79.9. The monoisotopic (exact) mass is 497 g/mol. The van der Waals surface area contributed by atoms with Gasteiger partial charge in [-0.25, -0.2) is 13.6 Å². The highest BCUT2D eigenvalue weighted by Crippen LogP contribution is 2.38. The standard InChI is InChI=1S/C17H16BrF2NS.C2HF3O2/c18-12-1-3-17(15(20)9-12)22-16-4-2-13(19)10-14(16)11-5-7-21-8-6-11;3-2(4,5)1(6)7/h1-4,9-11,21H,5-8H2;(H,6,7). The first-order chi connectivity index (χ1) is 13.6. The third-order valence-electron chi connectivity index (χ3n) is 4.11. The normalized spacial score (nSPS) is 14.8. The molecule has 2 N–H and O–H groups in total. The molecule has 0 radical (unpaired) electrons. The Morgan fingerprint density at radius 2 is 1.66 bits per heavy atom. The van der Waals surface area contributed by atoms with Crippen molar-refractivity contribution in [2.24, 2.45) is 0 Å². The number of nitrogens with one attached hydrogen (secondary N) is 1. The highest BCUT2D eigenvalue weighted by Gasteiger charge is 2.38. The summed E-state index contributed by atoms with van der Waals surface area (Å²) in [6.45, 7) is 1.88. The zero-order valence-electron chi connectivity index (χ0n) is 14.9. The molecule has 0 saturated carbocycles. The molecule has 2 aromatic carbocycles. The van der Waals surface area contributed by atoms with Crippen LogP contribution in [0.15, 0.2) is 50.7 Å². The second kappa shape index (κ2) is 10.4. The van der Waals surface area contributed by atoms with E-state index < -0.39 is 12.1 Å². The Balaban J connectivity index is 0.000000370. The molecule has 158 valence electrons. The molecule has 0 unspecified atom stereocenters. The van der Waals surface area contributed by atoms with Crippen LogP contribution in [-0.2, 0) is 4.79 Å². The molecule has 0 spiro atoms. The van der Waals surface area contributed by atoms with Crippen LogP contribution in [0.1, 0.15) is 24.3 Å². The maximum atomic E-state index is 14.1. The van der Waals surface area contributed by atoms with Crippen LogP contribution in [0.25, 0.3) is 0 Å². The van der Waals surface area contributed by atoms with E-state index in [0.29, 0.717) is 15.3 Å². The average molecular weight is 498 g/mol. The van der Waals surface area contributed by atoms with E-state index in [2.05, 4.69) is 21.2 Å². The number of rotatable bonds is 3. The zero-order valence-corrected chi connectivity index (χ0v) is 17.3. The van der Waals surface area contributed by atoms with Gasteiger partial charge in [-0.05, 0) is 73.8 Å². The summed E-state index contributed by atoms with van der Waals surface area (Å²) in [5, 5.41) is 10.4. The van der Waals surface area contributed by atoms with Crippen molar-refractivity contribution in [3.05, 3.63) is 58.1 Å². The van der Waals surface area contributed by atoms with Crippen molar-refractivity contribution < 1.29 is 31.9 Å². The summed E-state index contributed by atoms with van der Waals surface area (Å²) in [6, 6.07) is 9.84. The van der Waals surface area contributed by atoms with Gasteiger partial charge in [0.15, 0.2) is 0 Å². The van der Waals surface area contributed by atoms with Gasteiger partial charge in [-0.3, -0.25) is 0 Å². The van der Waals surface area contributed by atoms with Gasteiger partial charge in [-0.1, -0.05) is 27.7 Å². The number of piperidine rings is 1. The smallest absolute Gasteiger partial charge is 0.475 e. The predicted octanol–water partition coefficient (Wildman–Crippen LogP) is 5.98. The molecule has 1 aliphatic heterocycles. The Morgan fingerprint density at radius 1 is 1.07 bits per heavy atom. The van der Waals surface area contributed by atoms with E-state index in [4.69, 9.17) is 9.90 Å². The lowest BCUT2D eigenvalue weighted by Gasteiger charge is -2.25. The lowest BCUT2D eigenvalue weighted by atomic mass is 9.90. The fourth-order valence-corrected chi connectivity index (χ4v) is 4.08. The van der Waals surface area contributed by atoms with Gasteiger partial charge < -0.3 is 10.4 Å². The fraction of sp³-hybridized carbons (Fsp3) is 0.316. The van der Waals surface area contributed by atoms with E-state index >= 15 is 0 Å².